The first-order valence-corrected chi connectivity index (χ1v) is 9.92. The van der Waals surface area contributed by atoms with E-state index in [1.165, 1.54) is 24.6 Å². The van der Waals surface area contributed by atoms with E-state index in [1.807, 2.05) is 0 Å². The molecule has 0 bridgehead atoms. The minimum Gasteiger partial charge on any atom is -0.497 e. The van der Waals surface area contributed by atoms with Crippen molar-refractivity contribution in [3.05, 3.63) is 18.2 Å². The van der Waals surface area contributed by atoms with Crippen LogP contribution in [-0.2, 0) is 14.8 Å². The van der Waals surface area contributed by atoms with Crippen molar-refractivity contribution in [1.29, 1.82) is 0 Å². The fourth-order valence-corrected chi connectivity index (χ4v) is 4.71. The number of carbonyl (C=O) groups excluding carboxylic acids is 1. The van der Waals surface area contributed by atoms with Crippen LogP contribution in [0.2, 0.25) is 0 Å². The third kappa shape index (κ3) is 3.74. The summed E-state index contributed by atoms with van der Waals surface area (Å²) in [5.41, 5.74) is 0. The summed E-state index contributed by atoms with van der Waals surface area (Å²) < 4.78 is 38.0. The number of ether oxygens (including phenoxy) is 2. The second-order valence-electron chi connectivity index (χ2n) is 6.37. The second-order valence-corrected chi connectivity index (χ2v) is 8.28. The Morgan fingerprint density at radius 1 is 1.08 bits per heavy atom. The predicted octanol–water partition coefficient (Wildman–Crippen LogP) is 1.34. The molecule has 0 aromatic heterocycles. The van der Waals surface area contributed by atoms with Crippen molar-refractivity contribution < 1.29 is 22.7 Å². The molecule has 1 aromatic carbocycles. The Balaban J connectivity index is 1.81. The van der Waals surface area contributed by atoms with Crippen LogP contribution in [0.15, 0.2) is 23.1 Å². The summed E-state index contributed by atoms with van der Waals surface area (Å²) in [6.07, 6.45) is 2.54. The molecule has 1 saturated heterocycles. The molecule has 1 heterocycles. The van der Waals surface area contributed by atoms with Gasteiger partial charge in [-0.25, -0.2) is 8.42 Å². The van der Waals surface area contributed by atoms with Crippen molar-refractivity contribution >= 4 is 15.9 Å². The van der Waals surface area contributed by atoms with Gasteiger partial charge >= 0.3 is 0 Å². The molecule has 2 aliphatic rings. The third-order valence-electron chi connectivity index (χ3n) is 4.68. The standard InChI is InChI=1S/C17H24N2O5S/c1-23-14-6-7-15(24-2)16(12-14)25(21,22)19-9-3-8-18(10-11-19)17(20)13-4-5-13/h6-7,12-13H,3-5,8-11H2,1-2H3. The van der Waals surface area contributed by atoms with E-state index in [1.54, 1.807) is 17.0 Å². The van der Waals surface area contributed by atoms with Gasteiger partial charge in [0.15, 0.2) is 0 Å². The smallest absolute Gasteiger partial charge is 0.246 e. The number of sulfonamides is 1. The highest BCUT2D eigenvalue weighted by molar-refractivity contribution is 7.89. The molecule has 0 radical (unpaired) electrons. The molecule has 2 fully saturated rings. The zero-order valence-electron chi connectivity index (χ0n) is 14.6. The Morgan fingerprint density at radius 2 is 1.84 bits per heavy atom. The summed E-state index contributed by atoms with van der Waals surface area (Å²) in [6.45, 7) is 1.72. The van der Waals surface area contributed by atoms with Crippen molar-refractivity contribution in [2.45, 2.75) is 24.2 Å². The maximum Gasteiger partial charge on any atom is 0.246 e. The number of carbonyl (C=O) groups is 1. The molecule has 1 aliphatic carbocycles. The van der Waals surface area contributed by atoms with Crippen LogP contribution in [0.1, 0.15) is 19.3 Å². The van der Waals surface area contributed by atoms with Gasteiger partial charge in [-0.05, 0) is 31.4 Å². The van der Waals surface area contributed by atoms with Crippen LogP contribution in [-0.4, -0.2) is 63.9 Å². The van der Waals surface area contributed by atoms with Gasteiger partial charge in [-0.2, -0.15) is 4.31 Å². The molecular formula is C17H24N2O5S. The number of hydrogen-bond acceptors (Lipinski definition) is 5. The first-order valence-electron chi connectivity index (χ1n) is 8.48. The highest BCUT2D eigenvalue weighted by Crippen LogP contribution is 2.33. The molecule has 0 atom stereocenters. The third-order valence-corrected chi connectivity index (χ3v) is 6.60. The summed E-state index contributed by atoms with van der Waals surface area (Å²) in [4.78, 5) is 14.1. The van der Waals surface area contributed by atoms with Crippen LogP contribution < -0.4 is 9.47 Å². The lowest BCUT2D eigenvalue weighted by Crippen LogP contribution is -2.38. The monoisotopic (exact) mass is 368 g/mol. The first-order chi connectivity index (χ1) is 12.0. The fraction of sp³-hybridized carbons (Fsp3) is 0.588. The van der Waals surface area contributed by atoms with Gasteiger partial charge in [0, 0.05) is 38.2 Å². The van der Waals surface area contributed by atoms with Gasteiger partial charge in [0.25, 0.3) is 0 Å². The molecule has 25 heavy (non-hydrogen) atoms. The maximum absolute atomic E-state index is 13.1. The summed E-state index contributed by atoms with van der Waals surface area (Å²) in [5.74, 6) is 1.07. The average molecular weight is 368 g/mol. The molecular weight excluding hydrogens is 344 g/mol. The Hall–Kier alpha value is -1.80. The first kappa shape index (κ1) is 18.0. The molecule has 1 amide bonds. The molecule has 1 saturated carbocycles. The van der Waals surface area contributed by atoms with Gasteiger partial charge in [-0.15, -0.1) is 0 Å². The van der Waals surface area contributed by atoms with Gasteiger partial charge in [-0.1, -0.05) is 0 Å². The molecule has 0 N–H and O–H groups in total. The summed E-state index contributed by atoms with van der Waals surface area (Å²) in [7, 11) is -0.789. The van der Waals surface area contributed by atoms with E-state index in [-0.39, 0.29) is 22.5 Å². The predicted molar refractivity (Wildman–Crippen MR) is 92.2 cm³/mol. The topological polar surface area (TPSA) is 76.2 Å². The molecule has 0 unspecified atom stereocenters. The lowest BCUT2D eigenvalue weighted by molar-refractivity contribution is -0.132. The van der Waals surface area contributed by atoms with E-state index in [4.69, 9.17) is 9.47 Å². The van der Waals surface area contributed by atoms with Crippen LogP contribution >= 0.6 is 0 Å². The van der Waals surface area contributed by atoms with Gasteiger partial charge in [0.1, 0.15) is 16.4 Å². The summed E-state index contributed by atoms with van der Waals surface area (Å²) in [6, 6.07) is 4.73. The Labute approximate surface area is 148 Å². The van der Waals surface area contributed by atoms with E-state index in [0.29, 0.717) is 38.3 Å². The minimum absolute atomic E-state index is 0.0938. The molecule has 1 aromatic rings. The lowest BCUT2D eigenvalue weighted by Gasteiger charge is -2.23. The van der Waals surface area contributed by atoms with E-state index in [2.05, 4.69) is 0 Å². The SMILES string of the molecule is COc1ccc(OC)c(S(=O)(=O)N2CCCN(C(=O)C3CC3)CC2)c1. The Morgan fingerprint density at radius 3 is 2.48 bits per heavy atom. The largest absolute Gasteiger partial charge is 0.497 e. The maximum atomic E-state index is 13.1. The fourth-order valence-electron chi connectivity index (χ4n) is 3.07. The van der Waals surface area contributed by atoms with Gasteiger partial charge in [0.05, 0.1) is 14.2 Å². The van der Waals surface area contributed by atoms with Crippen LogP contribution in [0.5, 0.6) is 11.5 Å². The highest BCUT2D eigenvalue weighted by Gasteiger charge is 2.36. The number of rotatable bonds is 5. The molecule has 0 spiro atoms. The van der Waals surface area contributed by atoms with E-state index < -0.39 is 10.0 Å². The van der Waals surface area contributed by atoms with Gasteiger partial charge < -0.3 is 14.4 Å². The number of amides is 1. The van der Waals surface area contributed by atoms with Gasteiger partial charge in [-0.3, -0.25) is 4.79 Å². The van der Waals surface area contributed by atoms with E-state index in [0.717, 1.165) is 12.8 Å². The van der Waals surface area contributed by atoms with E-state index in [9.17, 15) is 13.2 Å². The summed E-state index contributed by atoms with van der Waals surface area (Å²) in [5, 5.41) is 0. The van der Waals surface area contributed by atoms with Crippen molar-refractivity contribution in [2.75, 3.05) is 40.4 Å². The van der Waals surface area contributed by atoms with Crippen molar-refractivity contribution in [3.8, 4) is 11.5 Å². The van der Waals surface area contributed by atoms with E-state index >= 15 is 0 Å². The van der Waals surface area contributed by atoms with Crippen molar-refractivity contribution in [2.24, 2.45) is 5.92 Å². The van der Waals surface area contributed by atoms with Crippen molar-refractivity contribution in [1.82, 2.24) is 9.21 Å². The molecule has 8 heteroatoms. The lowest BCUT2D eigenvalue weighted by atomic mass is 10.3. The molecule has 1 aliphatic heterocycles. The highest BCUT2D eigenvalue weighted by atomic mass is 32.2. The normalized spacial score (nSPS) is 19.4. The van der Waals surface area contributed by atoms with Crippen LogP contribution in [0.3, 0.4) is 0 Å². The van der Waals surface area contributed by atoms with Crippen LogP contribution in [0.4, 0.5) is 0 Å². The molecule has 3 rings (SSSR count). The Bertz CT molecular complexity index is 745. The zero-order chi connectivity index (χ0) is 18.0. The number of benzene rings is 1. The minimum atomic E-state index is -3.72. The number of hydrogen-bond donors (Lipinski definition) is 0. The van der Waals surface area contributed by atoms with Crippen LogP contribution in [0.25, 0.3) is 0 Å². The Kier molecular flexibility index (Phi) is 5.19. The summed E-state index contributed by atoms with van der Waals surface area (Å²) >= 11 is 0. The quantitative estimate of drug-likeness (QED) is 0.784. The molecule has 7 nitrogen and oxygen atoms in total. The second kappa shape index (κ2) is 7.21. The zero-order valence-corrected chi connectivity index (χ0v) is 15.4. The molecule has 138 valence electrons. The number of methoxy groups -OCH3 is 2. The van der Waals surface area contributed by atoms with Crippen LogP contribution in [0, 0.1) is 5.92 Å². The van der Waals surface area contributed by atoms with Crippen molar-refractivity contribution in [3.63, 3.8) is 0 Å². The van der Waals surface area contributed by atoms with Gasteiger partial charge in [0.2, 0.25) is 15.9 Å². The number of nitrogens with zero attached hydrogens (tertiary/aromatic N) is 2. The average Bonchev–Trinajstić information content (AvgIpc) is 3.46.